The van der Waals surface area contributed by atoms with Gasteiger partial charge in [-0.05, 0) is 25.7 Å². The fraction of sp³-hybridized carbons (Fsp3) is 0.833. The summed E-state index contributed by atoms with van der Waals surface area (Å²) in [6, 6.07) is -0.831. The molecule has 0 saturated heterocycles. The van der Waals surface area contributed by atoms with E-state index < -0.39 is 12.0 Å². The van der Waals surface area contributed by atoms with E-state index in [0.29, 0.717) is 6.42 Å². The molecule has 0 aromatic rings. The Labute approximate surface area is 103 Å². The molecule has 2 unspecified atom stereocenters. The monoisotopic (exact) mass is 245 g/mol. The Balaban J connectivity index is 4.08. The molecule has 2 N–H and O–H groups in total. The van der Waals surface area contributed by atoms with Gasteiger partial charge in [-0.15, -0.1) is 0 Å². The van der Waals surface area contributed by atoms with Gasteiger partial charge in [0.2, 0.25) is 5.91 Å². The maximum Gasteiger partial charge on any atom is 0.326 e. The van der Waals surface area contributed by atoms with Gasteiger partial charge >= 0.3 is 5.97 Å². The Hall–Kier alpha value is -1.10. The van der Waals surface area contributed by atoms with Crippen molar-refractivity contribution in [2.45, 2.75) is 52.7 Å². The molecule has 0 spiro atoms. The highest BCUT2D eigenvalue weighted by Crippen LogP contribution is 2.05. The van der Waals surface area contributed by atoms with Crippen molar-refractivity contribution in [1.82, 2.24) is 5.32 Å². The zero-order valence-electron chi connectivity index (χ0n) is 11.0. The normalized spacial score (nSPS) is 14.4. The molecule has 1 amide bonds. The van der Waals surface area contributed by atoms with Crippen LogP contribution in [0.1, 0.15) is 40.5 Å². The average molecular weight is 245 g/mol. The number of nitrogens with one attached hydrogen (secondary N) is 1. The third-order valence-corrected chi connectivity index (χ3v) is 2.41. The fourth-order valence-corrected chi connectivity index (χ4v) is 1.26. The number of carbonyl (C=O) groups is 2. The van der Waals surface area contributed by atoms with Crippen molar-refractivity contribution in [1.29, 1.82) is 0 Å². The quantitative estimate of drug-likeness (QED) is 0.678. The van der Waals surface area contributed by atoms with Crippen LogP contribution in [0.2, 0.25) is 0 Å². The van der Waals surface area contributed by atoms with Crippen molar-refractivity contribution in [3.63, 3.8) is 0 Å². The highest BCUT2D eigenvalue weighted by molar-refractivity contribution is 5.84. The molecule has 0 rings (SSSR count). The van der Waals surface area contributed by atoms with Crippen LogP contribution in [0, 0.1) is 5.92 Å². The van der Waals surface area contributed by atoms with Crippen LogP contribution in [-0.4, -0.2) is 35.7 Å². The van der Waals surface area contributed by atoms with Crippen molar-refractivity contribution in [3.05, 3.63) is 0 Å². The first-order chi connectivity index (χ1) is 7.86. The van der Waals surface area contributed by atoms with Crippen molar-refractivity contribution in [2.75, 3.05) is 6.61 Å². The van der Waals surface area contributed by atoms with Crippen molar-refractivity contribution < 1.29 is 19.4 Å². The summed E-state index contributed by atoms with van der Waals surface area (Å²) < 4.78 is 5.23. The molecule has 0 saturated carbocycles. The first-order valence-corrected chi connectivity index (χ1v) is 6.00. The molecular formula is C12H23NO4. The Bertz CT molecular complexity index is 253. The molecule has 0 aromatic heterocycles. The fourth-order valence-electron chi connectivity index (χ4n) is 1.26. The standard InChI is InChI=1S/C12H23NO4/c1-5-9(4)17-7-11(14)13-10(12(15)16)6-8(2)3/h8-10H,5-7H2,1-4H3,(H,13,14)(H,15,16). The Morgan fingerprint density at radius 1 is 1.29 bits per heavy atom. The van der Waals surface area contributed by atoms with Crippen molar-refractivity contribution in [3.8, 4) is 0 Å². The SMILES string of the molecule is CCC(C)OCC(=O)NC(CC(C)C)C(=O)O. The van der Waals surface area contributed by atoms with Crippen molar-refractivity contribution >= 4 is 11.9 Å². The predicted octanol–water partition coefficient (Wildman–Crippen LogP) is 1.42. The molecule has 17 heavy (non-hydrogen) atoms. The maximum atomic E-state index is 11.5. The molecule has 100 valence electrons. The molecule has 0 aliphatic carbocycles. The molecule has 0 aliphatic heterocycles. The van der Waals surface area contributed by atoms with Crippen LogP contribution in [0.15, 0.2) is 0 Å². The van der Waals surface area contributed by atoms with Gasteiger partial charge in [-0.25, -0.2) is 4.79 Å². The van der Waals surface area contributed by atoms with E-state index in [-0.39, 0.29) is 24.5 Å². The molecular weight excluding hydrogens is 222 g/mol. The van der Waals surface area contributed by atoms with Crippen LogP contribution in [0.4, 0.5) is 0 Å². The van der Waals surface area contributed by atoms with E-state index in [0.717, 1.165) is 6.42 Å². The third kappa shape index (κ3) is 7.74. The van der Waals surface area contributed by atoms with Crippen LogP contribution in [0.25, 0.3) is 0 Å². The van der Waals surface area contributed by atoms with E-state index in [1.54, 1.807) is 0 Å². The summed E-state index contributed by atoms with van der Waals surface area (Å²) >= 11 is 0. The minimum absolute atomic E-state index is 0.00845. The van der Waals surface area contributed by atoms with Crippen LogP contribution < -0.4 is 5.32 Å². The second-order valence-corrected chi connectivity index (χ2v) is 4.62. The highest BCUT2D eigenvalue weighted by atomic mass is 16.5. The van der Waals surface area contributed by atoms with Gasteiger partial charge in [0.05, 0.1) is 6.10 Å². The molecule has 0 heterocycles. The summed E-state index contributed by atoms with van der Waals surface area (Å²) in [7, 11) is 0. The minimum Gasteiger partial charge on any atom is -0.480 e. The highest BCUT2D eigenvalue weighted by Gasteiger charge is 2.21. The summed E-state index contributed by atoms with van der Waals surface area (Å²) in [5, 5.41) is 11.4. The summed E-state index contributed by atoms with van der Waals surface area (Å²) in [5.74, 6) is -1.17. The second kappa shape index (κ2) is 8.06. The van der Waals surface area contributed by atoms with Crippen LogP contribution in [0.5, 0.6) is 0 Å². The van der Waals surface area contributed by atoms with Gasteiger partial charge in [0, 0.05) is 0 Å². The molecule has 0 fully saturated rings. The lowest BCUT2D eigenvalue weighted by Crippen LogP contribution is -2.43. The van der Waals surface area contributed by atoms with E-state index in [1.807, 2.05) is 27.7 Å². The zero-order valence-corrected chi connectivity index (χ0v) is 11.0. The molecule has 0 radical (unpaired) electrons. The minimum atomic E-state index is -1.00. The number of hydrogen-bond acceptors (Lipinski definition) is 3. The molecule has 5 heteroatoms. The number of carbonyl (C=O) groups excluding carboxylic acids is 1. The van der Waals surface area contributed by atoms with E-state index in [4.69, 9.17) is 9.84 Å². The average Bonchev–Trinajstić information content (AvgIpc) is 2.24. The van der Waals surface area contributed by atoms with Crippen LogP contribution in [-0.2, 0) is 14.3 Å². The largest absolute Gasteiger partial charge is 0.480 e. The van der Waals surface area contributed by atoms with Crippen molar-refractivity contribution in [2.24, 2.45) is 5.92 Å². The van der Waals surface area contributed by atoms with Gasteiger partial charge in [0.15, 0.2) is 0 Å². The van der Waals surface area contributed by atoms with Gasteiger partial charge in [0.1, 0.15) is 12.6 Å². The Morgan fingerprint density at radius 3 is 2.29 bits per heavy atom. The van der Waals surface area contributed by atoms with Gasteiger partial charge < -0.3 is 15.2 Å². The predicted molar refractivity (Wildman–Crippen MR) is 64.7 cm³/mol. The summed E-state index contributed by atoms with van der Waals surface area (Å²) in [6.07, 6.45) is 1.25. The Kier molecular flexibility index (Phi) is 7.54. The van der Waals surface area contributed by atoms with E-state index in [9.17, 15) is 9.59 Å². The summed E-state index contributed by atoms with van der Waals surface area (Å²) in [4.78, 5) is 22.4. The smallest absolute Gasteiger partial charge is 0.326 e. The molecule has 0 aliphatic rings. The van der Waals surface area contributed by atoms with E-state index >= 15 is 0 Å². The number of carboxylic acid groups (broad SMARTS) is 1. The Morgan fingerprint density at radius 2 is 1.88 bits per heavy atom. The lowest BCUT2D eigenvalue weighted by molar-refractivity contribution is -0.143. The molecule has 0 aromatic carbocycles. The van der Waals surface area contributed by atoms with Gasteiger partial charge in [-0.2, -0.15) is 0 Å². The summed E-state index contributed by atoms with van der Waals surface area (Å²) in [6.45, 7) is 7.57. The number of hydrogen-bond donors (Lipinski definition) is 2. The summed E-state index contributed by atoms with van der Waals surface area (Å²) in [5.41, 5.74) is 0. The lowest BCUT2D eigenvalue weighted by Gasteiger charge is -2.17. The molecule has 0 bridgehead atoms. The van der Waals surface area contributed by atoms with Gasteiger partial charge in [-0.3, -0.25) is 4.79 Å². The third-order valence-electron chi connectivity index (χ3n) is 2.41. The number of ether oxygens (including phenoxy) is 1. The van der Waals surface area contributed by atoms with Crippen LogP contribution >= 0.6 is 0 Å². The number of rotatable bonds is 8. The lowest BCUT2D eigenvalue weighted by atomic mass is 10.0. The zero-order chi connectivity index (χ0) is 13.4. The maximum absolute atomic E-state index is 11.5. The van der Waals surface area contributed by atoms with Gasteiger partial charge in [-0.1, -0.05) is 20.8 Å². The van der Waals surface area contributed by atoms with Gasteiger partial charge in [0.25, 0.3) is 0 Å². The second-order valence-electron chi connectivity index (χ2n) is 4.62. The van der Waals surface area contributed by atoms with Crippen LogP contribution in [0.3, 0.4) is 0 Å². The topological polar surface area (TPSA) is 75.6 Å². The number of amides is 1. The molecule has 5 nitrogen and oxygen atoms in total. The number of aliphatic carboxylic acids is 1. The first-order valence-electron chi connectivity index (χ1n) is 6.00. The van der Waals surface area contributed by atoms with E-state index in [1.165, 1.54) is 0 Å². The molecule has 2 atom stereocenters. The first kappa shape index (κ1) is 15.9. The number of carboxylic acids is 1. The van der Waals surface area contributed by atoms with E-state index in [2.05, 4.69) is 5.32 Å².